The number of amides is 2. The molecule has 0 aliphatic heterocycles. The third-order valence-electron chi connectivity index (χ3n) is 6.23. The lowest BCUT2D eigenvalue weighted by molar-refractivity contribution is -0.385. The first-order chi connectivity index (χ1) is 21.6. The van der Waals surface area contributed by atoms with Crippen molar-refractivity contribution in [2.45, 2.75) is 0 Å². The second kappa shape index (κ2) is 13.0. The highest BCUT2D eigenvalue weighted by atomic mass is 16.6. The molecule has 224 valence electrons. The van der Waals surface area contributed by atoms with Gasteiger partial charge >= 0.3 is 0 Å². The van der Waals surface area contributed by atoms with E-state index in [2.05, 4.69) is 10.6 Å². The van der Waals surface area contributed by atoms with Gasteiger partial charge in [-0.3, -0.25) is 29.8 Å². The van der Waals surface area contributed by atoms with Gasteiger partial charge in [-0.25, -0.2) is 0 Å². The first-order valence-corrected chi connectivity index (χ1v) is 13.1. The van der Waals surface area contributed by atoms with Crippen molar-refractivity contribution < 1.29 is 34.0 Å². The van der Waals surface area contributed by atoms with E-state index in [0.29, 0.717) is 34.4 Å². The highest BCUT2D eigenvalue weighted by molar-refractivity contribution is 6.09. The second-order valence-electron chi connectivity index (χ2n) is 9.43. The fraction of sp³-hybridized carbons (Fsp3) is 0. The molecule has 0 aliphatic carbocycles. The van der Waals surface area contributed by atoms with Gasteiger partial charge in [0.25, 0.3) is 23.2 Å². The van der Waals surface area contributed by atoms with Crippen LogP contribution in [0.1, 0.15) is 20.7 Å². The molecular weight excluding hydrogens is 584 g/mol. The quantitative estimate of drug-likeness (QED) is 0.108. The molecule has 0 bridgehead atoms. The number of nitro benzene ring substituents is 2. The molecule has 3 N–H and O–H groups in total. The van der Waals surface area contributed by atoms with Crippen molar-refractivity contribution >= 4 is 34.6 Å². The predicted octanol–water partition coefficient (Wildman–Crippen LogP) is 7.30. The topological polar surface area (TPSA) is 183 Å². The van der Waals surface area contributed by atoms with Gasteiger partial charge in [-0.05, 0) is 91.0 Å². The van der Waals surface area contributed by atoms with Crippen LogP contribution in [-0.4, -0.2) is 26.8 Å². The van der Waals surface area contributed by atoms with Crippen molar-refractivity contribution in [3.05, 3.63) is 147 Å². The molecule has 0 saturated heterocycles. The summed E-state index contributed by atoms with van der Waals surface area (Å²) in [6, 6.07) is 27.7. The van der Waals surface area contributed by atoms with E-state index in [1.807, 2.05) is 0 Å². The van der Waals surface area contributed by atoms with Crippen LogP contribution in [0.3, 0.4) is 0 Å². The number of hydrogen-bond donors (Lipinski definition) is 3. The number of ether oxygens (including phenoxy) is 2. The normalized spacial score (nSPS) is 10.4. The van der Waals surface area contributed by atoms with Crippen LogP contribution in [0.2, 0.25) is 0 Å². The molecule has 2 amide bonds. The third-order valence-corrected chi connectivity index (χ3v) is 6.23. The first-order valence-electron chi connectivity index (χ1n) is 13.1. The number of carbonyl (C=O) groups excluding carboxylic acids is 2. The van der Waals surface area contributed by atoms with E-state index in [-0.39, 0.29) is 28.3 Å². The number of anilines is 2. The highest BCUT2D eigenvalue weighted by Gasteiger charge is 2.15. The summed E-state index contributed by atoms with van der Waals surface area (Å²) >= 11 is 0. The highest BCUT2D eigenvalue weighted by Crippen LogP contribution is 2.27. The summed E-state index contributed by atoms with van der Waals surface area (Å²) in [5.41, 5.74) is 0.797. The van der Waals surface area contributed by atoms with Gasteiger partial charge in [-0.1, -0.05) is 0 Å². The Morgan fingerprint density at radius 1 is 0.533 bits per heavy atom. The van der Waals surface area contributed by atoms with Crippen molar-refractivity contribution in [2.24, 2.45) is 0 Å². The van der Waals surface area contributed by atoms with Crippen LogP contribution in [0.5, 0.6) is 28.7 Å². The Morgan fingerprint density at radius 3 is 1.16 bits per heavy atom. The van der Waals surface area contributed by atoms with Crippen LogP contribution in [0, 0.1) is 20.2 Å². The standard InChI is InChI=1S/C32H22N4O9/c37-26-18-20(31(38)33-22-1-9-27(10-2-22)44-29-13-5-24(6-14-29)35(40)41)17-21(19-26)32(39)34-23-3-11-28(12-4-23)45-30-15-7-25(8-16-30)36(42)43/h1-19,37H,(H,33,38)(H,34,39). The minimum absolute atomic E-state index is 0.0400. The molecular formula is C32H22N4O9. The maximum atomic E-state index is 12.9. The molecule has 0 heterocycles. The fourth-order valence-electron chi connectivity index (χ4n) is 4.04. The smallest absolute Gasteiger partial charge is 0.269 e. The van der Waals surface area contributed by atoms with Gasteiger partial charge in [0.1, 0.15) is 28.7 Å². The molecule has 5 aromatic rings. The lowest BCUT2D eigenvalue weighted by atomic mass is 10.1. The Labute approximate surface area is 254 Å². The van der Waals surface area contributed by atoms with Crippen molar-refractivity contribution in [1.29, 1.82) is 0 Å². The predicted molar refractivity (Wildman–Crippen MR) is 163 cm³/mol. The van der Waals surface area contributed by atoms with Crippen molar-refractivity contribution in [3.8, 4) is 28.7 Å². The molecule has 0 aliphatic rings. The van der Waals surface area contributed by atoms with Gasteiger partial charge in [0.15, 0.2) is 0 Å². The Bertz CT molecular complexity index is 1740. The molecule has 13 heteroatoms. The summed E-state index contributed by atoms with van der Waals surface area (Å²) in [5, 5.41) is 37.2. The number of non-ortho nitro benzene ring substituents is 2. The van der Waals surface area contributed by atoms with Crippen LogP contribution in [-0.2, 0) is 0 Å². The SMILES string of the molecule is O=C(Nc1ccc(Oc2ccc([N+](=O)[O-])cc2)cc1)c1cc(O)cc(C(=O)Nc2ccc(Oc3ccc([N+](=O)[O-])cc3)cc2)c1. The fourth-order valence-corrected chi connectivity index (χ4v) is 4.04. The Hall–Kier alpha value is -6.76. The molecule has 5 aromatic carbocycles. The first kappa shape index (κ1) is 29.7. The van der Waals surface area contributed by atoms with E-state index < -0.39 is 21.7 Å². The number of phenols is 1. The Balaban J connectivity index is 1.19. The number of benzene rings is 5. The third kappa shape index (κ3) is 7.75. The maximum Gasteiger partial charge on any atom is 0.269 e. The lowest BCUT2D eigenvalue weighted by Gasteiger charge is -2.11. The average Bonchev–Trinajstić information content (AvgIpc) is 3.03. The van der Waals surface area contributed by atoms with Gasteiger partial charge < -0.3 is 25.2 Å². The second-order valence-corrected chi connectivity index (χ2v) is 9.43. The minimum Gasteiger partial charge on any atom is -0.508 e. The van der Waals surface area contributed by atoms with Gasteiger partial charge in [0, 0.05) is 46.8 Å². The van der Waals surface area contributed by atoms with Gasteiger partial charge in [-0.15, -0.1) is 0 Å². The summed E-state index contributed by atoms with van der Waals surface area (Å²) in [6.07, 6.45) is 0. The van der Waals surface area contributed by atoms with Gasteiger partial charge in [0.2, 0.25) is 0 Å². The van der Waals surface area contributed by atoms with Crippen LogP contribution in [0.25, 0.3) is 0 Å². The largest absolute Gasteiger partial charge is 0.508 e. The number of hydrogen-bond acceptors (Lipinski definition) is 9. The summed E-state index contributed by atoms with van der Waals surface area (Å²) in [5.74, 6) is 0.233. The zero-order chi connectivity index (χ0) is 31.9. The number of carbonyl (C=O) groups is 2. The van der Waals surface area contributed by atoms with Crippen LogP contribution < -0.4 is 20.1 Å². The number of phenolic OH excluding ortho intramolecular Hbond substituents is 1. The monoisotopic (exact) mass is 606 g/mol. The van der Waals surface area contributed by atoms with Gasteiger partial charge in [0.05, 0.1) is 9.85 Å². The average molecular weight is 607 g/mol. The van der Waals surface area contributed by atoms with Crippen LogP contribution in [0.15, 0.2) is 115 Å². The van der Waals surface area contributed by atoms with E-state index >= 15 is 0 Å². The van der Waals surface area contributed by atoms with Gasteiger partial charge in [-0.2, -0.15) is 0 Å². The molecule has 13 nitrogen and oxygen atoms in total. The van der Waals surface area contributed by atoms with Crippen LogP contribution >= 0.6 is 0 Å². The lowest BCUT2D eigenvalue weighted by Crippen LogP contribution is -2.15. The van der Waals surface area contributed by atoms with E-state index in [1.54, 1.807) is 48.5 Å². The van der Waals surface area contributed by atoms with E-state index in [0.717, 1.165) is 0 Å². The zero-order valence-corrected chi connectivity index (χ0v) is 23.1. The van der Waals surface area contributed by atoms with Crippen molar-refractivity contribution in [3.63, 3.8) is 0 Å². The number of nitrogens with one attached hydrogen (secondary N) is 2. The summed E-state index contributed by atoms with van der Waals surface area (Å²) < 4.78 is 11.3. The molecule has 0 fully saturated rings. The van der Waals surface area contributed by atoms with E-state index in [4.69, 9.17) is 9.47 Å². The van der Waals surface area contributed by atoms with Crippen molar-refractivity contribution in [1.82, 2.24) is 0 Å². The number of nitrogens with zero attached hydrogens (tertiary/aromatic N) is 2. The molecule has 0 aromatic heterocycles. The Morgan fingerprint density at radius 2 is 0.844 bits per heavy atom. The summed E-state index contributed by atoms with van der Waals surface area (Å²) in [6.45, 7) is 0. The number of rotatable bonds is 10. The molecule has 0 atom stereocenters. The van der Waals surface area contributed by atoms with Crippen LogP contribution in [0.4, 0.5) is 22.7 Å². The molecule has 45 heavy (non-hydrogen) atoms. The summed E-state index contributed by atoms with van der Waals surface area (Å²) in [4.78, 5) is 46.4. The van der Waals surface area contributed by atoms with Crippen molar-refractivity contribution in [2.75, 3.05) is 10.6 Å². The van der Waals surface area contributed by atoms with E-state index in [9.17, 15) is 34.9 Å². The van der Waals surface area contributed by atoms with E-state index in [1.165, 1.54) is 66.7 Å². The molecule has 0 radical (unpaired) electrons. The number of aromatic hydroxyl groups is 1. The zero-order valence-electron chi connectivity index (χ0n) is 23.1. The number of nitro groups is 2. The summed E-state index contributed by atoms with van der Waals surface area (Å²) in [7, 11) is 0. The molecule has 0 spiro atoms. The maximum absolute atomic E-state index is 12.9. The molecule has 0 saturated carbocycles. The minimum atomic E-state index is -0.572. The molecule has 5 rings (SSSR count). The molecule has 0 unspecified atom stereocenters. The Kier molecular flexibility index (Phi) is 8.61.